The van der Waals surface area contributed by atoms with Crippen LogP contribution in [-0.2, 0) is 12.6 Å². The number of nitrogens with one attached hydrogen (secondary N) is 2. The molecule has 2 fully saturated rings. The van der Waals surface area contributed by atoms with E-state index in [9.17, 15) is 13.2 Å². The maximum Gasteiger partial charge on any atom is 0.434 e. The lowest BCUT2D eigenvalue weighted by atomic mass is 10.2. The lowest BCUT2D eigenvalue weighted by Gasteiger charge is -2.24. The van der Waals surface area contributed by atoms with Crippen molar-refractivity contribution in [1.82, 2.24) is 20.5 Å². The first-order valence-corrected chi connectivity index (χ1v) is 10.1. The average Bonchev–Trinajstić information content (AvgIpc) is 3.33. The molecule has 9 heteroatoms. The molecule has 0 spiro atoms. The minimum Gasteiger partial charge on any atom is -0.356 e. The molecule has 1 atom stereocenters. The van der Waals surface area contributed by atoms with Crippen LogP contribution in [0.15, 0.2) is 10.4 Å². The first kappa shape index (κ1) is 19.4. The zero-order valence-electron chi connectivity index (χ0n) is 15.0. The van der Waals surface area contributed by atoms with Crippen LogP contribution in [0, 0.1) is 0 Å². The van der Waals surface area contributed by atoms with E-state index in [1.54, 1.807) is 7.05 Å². The normalized spacial score (nSPS) is 22.9. The second kappa shape index (κ2) is 8.56. The molecule has 1 saturated heterocycles. The van der Waals surface area contributed by atoms with E-state index in [4.69, 9.17) is 0 Å². The minimum absolute atomic E-state index is 0.374. The first-order chi connectivity index (χ1) is 12.5. The highest BCUT2D eigenvalue weighted by Gasteiger charge is 2.33. The Hall–Kier alpha value is -1.35. The highest BCUT2D eigenvalue weighted by atomic mass is 32.1. The third-order valence-corrected chi connectivity index (χ3v) is 6.01. The minimum atomic E-state index is -4.37. The zero-order valence-corrected chi connectivity index (χ0v) is 15.8. The number of aromatic nitrogens is 1. The lowest BCUT2D eigenvalue weighted by Crippen LogP contribution is -2.45. The summed E-state index contributed by atoms with van der Waals surface area (Å²) in [5.41, 5.74) is -0.807. The maximum atomic E-state index is 12.6. The highest BCUT2D eigenvalue weighted by molar-refractivity contribution is 7.09. The number of nitrogens with zero attached hydrogens (tertiary/aromatic N) is 3. The topological polar surface area (TPSA) is 52.6 Å². The molecule has 0 amide bonds. The van der Waals surface area contributed by atoms with Crippen molar-refractivity contribution in [3.63, 3.8) is 0 Å². The van der Waals surface area contributed by atoms with Crippen LogP contribution in [0.25, 0.3) is 0 Å². The summed E-state index contributed by atoms with van der Waals surface area (Å²) in [7, 11) is 1.71. The number of aliphatic imine (C=N–C) groups is 1. The van der Waals surface area contributed by atoms with Gasteiger partial charge in [-0.05, 0) is 19.3 Å². The van der Waals surface area contributed by atoms with Gasteiger partial charge in [0.2, 0.25) is 0 Å². The molecule has 2 heterocycles. The zero-order chi connectivity index (χ0) is 18.6. The number of likely N-dealkylation sites (tertiary alicyclic amines) is 1. The molecule has 1 aromatic rings. The van der Waals surface area contributed by atoms with Gasteiger partial charge in [0.05, 0.1) is 5.01 Å². The molecular formula is C17H26F3N5S. The van der Waals surface area contributed by atoms with Crippen LogP contribution >= 0.6 is 11.3 Å². The summed E-state index contributed by atoms with van der Waals surface area (Å²) in [5, 5.41) is 8.17. The van der Waals surface area contributed by atoms with Gasteiger partial charge in [0.25, 0.3) is 0 Å². The van der Waals surface area contributed by atoms with Crippen molar-refractivity contribution >= 4 is 17.3 Å². The van der Waals surface area contributed by atoms with Crippen molar-refractivity contribution < 1.29 is 13.2 Å². The number of guanidine groups is 1. The summed E-state index contributed by atoms with van der Waals surface area (Å²) in [5.74, 6) is 0.705. The summed E-state index contributed by atoms with van der Waals surface area (Å²) in [6.07, 6.45) is 2.48. The van der Waals surface area contributed by atoms with Crippen molar-refractivity contribution in [2.45, 2.75) is 56.8 Å². The van der Waals surface area contributed by atoms with Crippen LogP contribution in [0.5, 0.6) is 0 Å². The number of alkyl halides is 3. The van der Waals surface area contributed by atoms with Gasteiger partial charge in [-0.15, -0.1) is 11.3 Å². The maximum absolute atomic E-state index is 12.6. The third kappa shape index (κ3) is 5.09. The van der Waals surface area contributed by atoms with Crippen molar-refractivity contribution in [2.24, 2.45) is 4.99 Å². The Labute approximate surface area is 156 Å². The number of thiazole rings is 1. The molecule has 0 radical (unpaired) electrons. The fourth-order valence-electron chi connectivity index (χ4n) is 3.74. The van der Waals surface area contributed by atoms with Crippen LogP contribution in [0.3, 0.4) is 0 Å². The Morgan fingerprint density at radius 3 is 2.77 bits per heavy atom. The second-order valence-corrected chi connectivity index (χ2v) is 7.88. The van der Waals surface area contributed by atoms with E-state index in [0.29, 0.717) is 30.0 Å². The quantitative estimate of drug-likeness (QED) is 0.601. The fourth-order valence-corrected chi connectivity index (χ4v) is 4.54. The lowest BCUT2D eigenvalue weighted by molar-refractivity contribution is -0.140. The number of halogens is 3. The number of hydrogen-bond acceptors (Lipinski definition) is 4. The third-order valence-electron chi connectivity index (χ3n) is 5.10. The van der Waals surface area contributed by atoms with E-state index in [1.807, 2.05) is 0 Å². The number of rotatable bonds is 5. The van der Waals surface area contributed by atoms with Crippen LogP contribution < -0.4 is 10.6 Å². The molecule has 0 aromatic carbocycles. The van der Waals surface area contributed by atoms with Gasteiger partial charge in [0.1, 0.15) is 0 Å². The molecule has 146 valence electrons. The molecule has 1 aromatic heterocycles. The largest absolute Gasteiger partial charge is 0.434 e. The van der Waals surface area contributed by atoms with E-state index >= 15 is 0 Å². The van der Waals surface area contributed by atoms with Gasteiger partial charge in [-0.1, -0.05) is 12.8 Å². The molecule has 3 rings (SSSR count). The summed E-state index contributed by atoms with van der Waals surface area (Å²) in [6, 6.07) is 1.11. The van der Waals surface area contributed by atoms with Crippen LogP contribution in [0.1, 0.15) is 42.8 Å². The van der Waals surface area contributed by atoms with Gasteiger partial charge in [-0.3, -0.25) is 9.89 Å². The van der Waals surface area contributed by atoms with Crippen molar-refractivity contribution in [2.75, 3.05) is 26.7 Å². The predicted molar refractivity (Wildman–Crippen MR) is 97.6 cm³/mol. The molecule has 2 N–H and O–H groups in total. The standard InChI is InChI=1S/C17H26F3N5S/c1-21-16(22-8-6-15-24-14(11-26-15)17(18,19)20)23-12-7-9-25(10-12)13-4-2-3-5-13/h11-13H,2-10H2,1H3,(H2,21,22,23). The molecule has 1 aliphatic heterocycles. The van der Waals surface area contributed by atoms with Crippen LogP contribution in [0.4, 0.5) is 13.2 Å². The SMILES string of the molecule is CN=C(NCCc1nc(C(F)(F)F)cs1)NC1CCN(C2CCCC2)C1. The van der Waals surface area contributed by atoms with E-state index in [0.717, 1.165) is 42.3 Å². The Morgan fingerprint density at radius 2 is 2.12 bits per heavy atom. The molecule has 5 nitrogen and oxygen atoms in total. The monoisotopic (exact) mass is 389 g/mol. The Balaban J connectivity index is 1.40. The van der Waals surface area contributed by atoms with Gasteiger partial charge < -0.3 is 10.6 Å². The molecule has 0 bridgehead atoms. The Bertz CT molecular complexity index is 610. The molecule has 2 aliphatic rings. The molecule has 1 aliphatic carbocycles. The molecule has 26 heavy (non-hydrogen) atoms. The second-order valence-electron chi connectivity index (χ2n) is 6.94. The van der Waals surface area contributed by atoms with E-state index in [1.165, 1.54) is 25.7 Å². The van der Waals surface area contributed by atoms with Gasteiger partial charge in [-0.25, -0.2) is 4.98 Å². The predicted octanol–water partition coefficient (Wildman–Crippen LogP) is 2.89. The van der Waals surface area contributed by atoms with Crippen molar-refractivity contribution in [1.29, 1.82) is 0 Å². The molecule has 1 saturated carbocycles. The van der Waals surface area contributed by atoms with Gasteiger partial charge in [0.15, 0.2) is 11.7 Å². The summed E-state index contributed by atoms with van der Waals surface area (Å²) in [6.45, 7) is 2.66. The van der Waals surface area contributed by atoms with Gasteiger partial charge in [0, 0.05) is 50.6 Å². The summed E-state index contributed by atoms with van der Waals surface area (Å²) >= 11 is 1.04. The molecule has 1 unspecified atom stereocenters. The van der Waals surface area contributed by atoms with Crippen LogP contribution in [0.2, 0.25) is 0 Å². The smallest absolute Gasteiger partial charge is 0.356 e. The summed E-state index contributed by atoms with van der Waals surface area (Å²) < 4.78 is 37.7. The van der Waals surface area contributed by atoms with E-state index in [2.05, 4.69) is 25.5 Å². The van der Waals surface area contributed by atoms with Gasteiger partial charge in [-0.2, -0.15) is 13.2 Å². The fraction of sp³-hybridized carbons (Fsp3) is 0.765. The van der Waals surface area contributed by atoms with E-state index in [-0.39, 0.29) is 0 Å². The van der Waals surface area contributed by atoms with Gasteiger partial charge >= 0.3 is 6.18 Å². The van der Waals surface area contributed by atoms with E-state index < -0.39 is 11.9 Å². The first-order valence-electron chi connectivity index (χ1n) is 9.18. The molecular weight excluding hydrogens is 363 g/mol. The van der Waals surface area contributed by atoms with Crippen LogP contribution in [-0.4, -0.2) is 54.6 Å². The average molecular weight is 389 g/mol. The summed E-state index contributed by atoms with van der Waals surface area (Å²) in [4.78, 5) is 10.5. The Morgan fingerprint density at radius 1 is 1.35 bits per heavy atom. The van der Waals surface area contributed by atoms with Crippen molar-refractivity contribution in [3.05, 3.63) is 16.1 Å². The Kier molecular flexibility index (Phi) is 6.39. The van der Waals surface area contributed by atoms with Crippen molar-refractivity contribution in [3.8, 4) is 0 Å². The highest BCUT2D eigenvalue weighted by Crippen LogP contribution is 2.30. The number of hydrogen-bond donors (Lipinski definition) is 2.